The molecule has 0 saturated carbocycles. The third-order valence-electron chi connectivity index (χ3n) is 4.71. The maximum absolute atomic E-state index is 7.65. The first-order valence-electron chi connectivity index (χ1n) is 9.06. The van der Waals surface area contributed by atoms with Crippen LogP contribution in [0.1, 0.15) is 22.8 Å². The summed E-state index contributed by atoms with van der Waals surface area (Å²) in [5.41, 5.74) is 5.70. The number of nitrogens with one attached hydrogen (secondary N) is 4. The second kappa shape index (κ2) is 7.96. The van der Waals surface area contributed by atoms with Crippen LogP contribution in [0, 0.1) is 16.2 Å². The minimum absolute atomic E-state index is 0.258. The molecule has 0 saturated heterocycles. The smallest absolute Gasteiger partial charge is 0.185 e. The maximum Gasteiger partial charge on any atom is 0.185 e. The van der Waals surface area contributed by atoms with Crippen LogP contribution in [0.5, 0.6) is 0 Å². The molecule has 0 radical (unpaired) electrons. The first-order chi connectivity index (χ1) is 14.7. The molecule has 2 aromatic heterocycles. The van der Waals surface area contributed by atoms with Gasteiger partial charge in [-0.2, -0.15) is 0 Å². The number of aromatic nitrogens is 3. The molecule has 0 aliphatic carbocycles. The summed E-state index contributed by atoms with van der Waals surface area (Å²) in [5, 5.41) is 26.7. The highest BCUT2D eigenvalue weighted by molar-refractivity contribution is 6.02. The third kappa shape index (κ3) is 3.20. The van der Waals surface area contributed by atoms with Gasteiger partial charge in [-0.05, 0) is 28.8 Å². The number of fused-ring (bicyclic) bond motifs is 1. The van der Waals surface area contributed by atoms with Crippen molar-refractivity contribution in [1.29, 1.82) is 16.2 Å². The number of benzene rings is 2. The van der Waals surface area contributed by atoms with Crippen LogP contribution in [0.2, 0.25) is 0 Å². The molecular formula is C22H18N6O2. The highest BCUT2D eigenvalue weighted by atomic mass is 16.5. The van der Waals surface area contributed by atoms with E-state index < -0.39 is 0 Å². The molecule has 0 aliphatic heterocycles. The molecule has 4 aromatic rings. The van der Waals surface area contributed by atoms with E-state index in [1.807, 2.05) is 36.4 Å². The van der Waals surface area contributed by atoms with Crippen LogP contribution in [0.15, 0.2) is 53.8 Å². The van der Waals surface area contributed by atoms with Crippen molar-refractivity contribution in [3.8, 4) is 22.3 Å². The topological polar surface area (TPSA) is 135 Å². The van der Waals surface area contributed by atoms with Crippen molar-refractivity contribution in [2.45, 2.75) is 6.61 Å². The highest BCUT2D eigenvalue weighted by Crippen LogP contribution is 2.36. The van der Waals surface area contributed by atoms with Crippen molar-refractivity contribution in [2.75, 3.05) is 0 Å². The number of rotatable bonds is 8. The summed E-state index contributed by atoms with van der Waals surface area (Å²) >= 11 is 0. The van der Waals surface area contributed by atoms with E-state index >= 15 is 0 Å². The van der Waals surface area contributed by atoms with Crippen molar-refractivity contribution in [2.24, 2.45) is 0 Å². The summed E-state index contributed by atoms with van der Waals surface area (Å²) in [6.45, 7) is 3.95. The molecule has 30 heavy (non-hydrogen) atoms. The standard InChI is InChI=1S/C22H18N6O2/c1-2-29-12-13-5-3-4-6-15(13)16-7-14(8-17-22(16)27-20(11-25)26-17)21-18(9-23)28-30-19(21)10-24/h2-11,23-25H,1,12H2,(H,26,27). The number of hydrogen-bond acceptors (Lipinski definition) is 7. The van der Waals surface area contributed by atoms with Crippen LogP contribution in [0.3, 0.4) is 0 Å². The molecular weight excluding hydrogens is 380 g/mol. The van der Waals surface area contributed by atoms with E-state index in [2.05, 4.69) is 21.7 Å². The first-order valence-corrected chi connectivity index (χ1v) is 9.06. The molecule has 2 aromatic carbocycles. The van der Waals surface area contributed by atoms with Crippen LogP contribution >= 0.6 is 0 Å². The lowest BCUT2D eigenvalue weighted by molar-refractivity contribution is 0.238. The summed E-state index contributed by atoms with van der Waals surface area (Å²) in [5.74, 6) is 0.682. The van der Waals surface area contributed by atoms with Gasteiger partial charge in [-0.1, -0.05) is 36.0 Å². The Bertz CT molecular complexity index is 1260. The average molecular weight is 398 g/mol. The Morgan fingerprint density at radius 1 is 1.07 bits per heavy atom. The lowest BCUT2D eigenvalue weighted by Crippen LogP contribution is -1.94. The summed E-state index contributed by atoms with van der Waals surface area (Å²) in [6.07, 6.45) is 4.72. The minimum Gasteiger partial charge on any atom is -0.497 e. The largest absolute Gasteiger partial charge is 0.497 e. The SMILES string of the molecule is C=COCc1ccccc1-c1cc(-c2c(C=N)noc2C=N)cc2[nH]c(C=N)nc12. The number of imidazole rings is 1. The van der Waals surface area contributed by atoms with Gasteiger partial charge in [-0.25, -0.2) is 4.98 Å². The Morgan fingerprint density at radius 2 is 1.90 bits per heavy atom. The quantitative estimate of drug-likeness (QED) is 0.256. The lowest BCUT2D eigenvalue weighted by atomic mass is 9.94. The summed E-state index contributed by atoms with van der Waals surface area (Å²) in [6, 6.07) is 11.6. The fourth-order valence-corrected chi connectivity index (χ4v) is 3.42. The van der Waals surface area contributed by atoms with Gasteiger partial charge in [0.15, 0.2) is 5.76 Å². The monoisotopic (exact) mass is 398 g/mol. The zero-order valence-electron chi connectivity index (χ0n) is 15.9. The van der Waals surface area contributed by atoms with Gasteiger partial charge in [0.1, 0.15) is 18.1 Å². The van der Waals surface area contributed by atoms with Gasteiger partial charge in [0.25, 0.3) is 0 Å². The zero-order chi connectivity index (χ0) is 21.1. The molecule has 4 N–H and O–H groups in total. The molecule has 8 nitrogen and oxygen atoms in total. The molecule has 8 heteroatoms. The molecule has 0 spiro atoms. The normalized spacial score (nSPS) is 10.7. The van der Waals surface area contributed by atoms with Crippen LogP contribution in [0.4, 0.5) is 0 Å². The van der Waals surface area contributed by atoms with E-state index in [0.717, 1.165) is 40.9 Å². The van der Waals surface area contributed by atoms with Gasteiger partial charge in [-0.15, -0.1) is 0 Å². The number of ether oxygens (including phenoxy) is 1. The molecule has 0 aliphatic rings. The van der Waals surface area contributed by atoms with Crippen LogP contribution in [-0.4, -0.2) is 33.8 Å². The van der Waals surface area contributed by atoms with Gasteiger partial charge < -0.3 is 30.5 Å². The van der Waals surface area contributed by atoms with Gasteiger partial charge in [-0.3, -0.25) is 0 Å². The van der Waals surface area contributed by atoms with Crippen LogP contribution in [-0.2, 0) is 11.3 Å². The van der Waals surface area contributed by atoms with E-state index in [1.54, 1.807) is 0 Å². The molecule has 0 atom stereocenters. The van der Waals surface area contributed by atoms with E-state index in [-0.39, 0.29) is 5.76 Å². The fraction of sp³-hybridized carbons (Fsp3) is 0.0455. The average Bonchev–Trinajstić information content (AvgIpc) is 3.40. The number of H-pyrrole nitrogens is 1. The molecule has 4 rings (SSSR count). The second-order valence-electron chi connectivity index (χ2n) is 6.42. The summed E-state index contributed by atoms with van der Waals surface area (Å²) < 4.78 is 10.6. The van der Waals surface area contributed by atoms with Crippen LogP contribution < -0.4 is 0 Å². The van der Waals surface area contributed by atoms with E-state index in [9.17, 15) is 0 Å². The van der Waals surface area contributed by atoms with Crippen molar-refractivity contribution >= 4 is 29.7 Å². The van der Waals surface area contributed by atoms with Crippen molar-refractivity contribution < 1.29 is 9.26 Å². The number of nitrogens with zero attached hydrogens (tertiary/aromatic N) is 2. The highest BCUT2D eigenvalue weighted by Gasteiger charge is 2.20. The number of aromatic amines is 1. The van der Waals surface area contributed by atoms with Crippen molar-refractivity contribution in [3.05, 3.63) is 72.1 Å². The molecule has 148 valence electrons. The second-order valence-corrected chi connectivity index (χ2v) is 6.42. The molecule has 0 unspecified atom stereocenters. The number of hydrogen-bond donors (Lipinski definition) is 4. The van der Waals surface area contributed by atoms with Gasteiger partial charge in [0, 0.05) is 11.8 Å². The lowest BCUT2D eigenvalue weighted by Gasteiger charge is -2.12. The molecule has 2 heterocycles. The predicted octanol–water partition coefficient (Wildman–Crippen LogP) is 4.54. The van der Waals surface area contributed by atoms with Gasteiger partial charge in [0.05, 0.1) is 35.3 Å². The fourth-order valence-electron chi connectivity index (χ4n) is 3.42. The Morgan fingerprint density at radius 3 is 2.63 bits per heavy atom. The van der Waals surface area contributed by atoms with E-state index in [0.29, 0.717) is 34.7 Å². The maximum atomic E-state index is 7.65. The minimum atomic E-state index is 0.258. The van der Waals surface area contributed by atoms with E-state index in [4.69, 9.17) is 25.5 Å². The van der Waals surface area contributed by atoms with E-state index in [1.165, 1.54) is 6.26 Å². The van der Waals surface area contributed by atoms with Crippen molar-refractivity contribution in [1.82, 2.24) is 15.1 Å². The Labute approximate surface area is 171 Å². The Kier molecular flexibility index (Phi) is 5.04. The molecule has 0 fully saturated rings. The van der Waals surface area contributed by atoms with Crippen LogP contribution in [0.25, 0.3) is 33.3 Å². The van der Waals surface area contributed by atoms with Gasteiger partial charge >= 0.3 is 0 Å². The van der Waals surface area contributed by atoms with Crippen molar-refractivity contribution in [3.63, 3.8) is 0 Å². The first kappa shape index (κ1) is 19.0. The Hall–Kier alpha value is -4.33. The predicted molar refractivity (Wildman–Crippen MR) is 116 cm³/mol. The zero-order valence-corrected chi connectivity index (χ0v) is 15.9. The summed E-state index contributed by atoms with van der Waals surface area (Å²) in [4.78, 5) is 7.68. The Balaban J connectivity index is 2.03. The summed E-state index contributed by atoms with van der Waals surface area (Å²) in [7, 11) is 0. The van der Waals surface area contributed by atoms with Gasteiger partial charge in [0.2, 0.25) is 0 Å². The third-order valence-corrected chi connectivity index (χ3v) is 4.71. The molecule has 0 bridgehead atoms. The molecule has 0 amide bonds.